The number of ether oxygens (including phenoxy) is 2. The highest BCUT2D eigenvalue weighted by atomic mass is 79.9. The fourth-order valence-electron chi connectivity index (χ4n) is 3.32. The summed E-state index contributed by atoms with van der Waals surface area (Å²) >= 11 is 3.48. The lowest BCUT2D eigenvalue weighted by molar-refractivity contribution is -0.147. The molecule has 1 unspecified atom stereocenters. The number of hydrogen-bond donors (Lipinski definition) is 1. The molecule has 1 aliphatic rings. The van der Waals surface area contributed by atoms with E-state index in [-0.39, 0.29) is 12.4 Å². The van der Waals surface area contributed by atoms with Gasteiger partial charge in [-0.3, -0.25) is 9.69 Å². The molecule has 1 heterocycles. The van der Waals surface area contributed by atoms with E-state index >= 15 is 0 Å². The Kier molecular flexibility index (Phi) is 7.56. The first kappa shape index (κ1) is 23.8. The molecule has 1 aliphatic heterocycles. The number of nitrogens with one attached hydrogen (secondary N) is 1. The molecule has 1 saturated heterocycles. The van der Waals surface area contributed by atoms with Crippen molar-refractivity contribution in [3.63, 3.8) is 0 Å². The van der Waals surface area contributed by atoms with Gasteiger partial charge in [-0.25, -0.2) is 9.59 Å². The summed E-state index contributed by atoms with van der Waals surface area (Å²) in [6.45, 7) is 5.36. The Balaban J connectivity index is 1.54. The molecule has 8 heteroatoms. The quantitative estimate of drug-likeness (QED) is 0.425. The Morgan fingerprint density at radius 2 is 1.78 bits per heavy atom. The number of carbonyl (C=O) groups is 3. The third kappa shape index (κ3) is 6.32. The van der Waals surface area contributed by atoms with E-state index in [4.69, 9.17) is 9.47 Å². The van der Waals surface area contributed by atoms with E-state index < -0.39 is 23.7 Å². The Bertz CT molecular complexity index is 985. The van der Waals surface area contributed by atoms with Crippen LogP contribution < -0.4 is 5.32 Å². The zero-order valence-electron chi connectivity index (χ0n) is 18.4. The number of benzene rings is 2. The number of anilines is 2. The Morgan fingerprint density at radius 1 is 1.09 bits per heavy atom. The lowest BCUT2D eigenvalue weighted by Crippen LogP contribution is -2.44. The van der Waals surface area contributed by atoms with Crippen molar-refractivity contribution in [3.05, 3.63) is 58.6 Å². The molecule has 2 aromatic carbocycles. The van der Waals surface area contributed by atoms with Crippen LogP contribution in [0.4, 0.5) is 16.2 Å². The zero-order valence-corrected chi connectivity index (χ0v) is 20.0. The molecule has 0 bridgehead atoms. The van der Waals surface area contributed by atoms with Gasteiger partial charge in [0, 0.05) is 22.3 Å². The van der Waals surface area contributed by atoms with Crippen molar-refractivity contribution < 1.29 is 23.9 Å². The Morgan fingerprint density at radius 3 is 2.44 bits per heavy atom. The number of para-hydroxylation sites is 1. The maximum absolute atomic E-state index is 12.5. The summed E-state index contributed by atoms with van der Waals surface area (Å²) in [5.74, 6) is -0.901. The summed E-state index contributed by atoms with van der Waals surface area (Å²) in [4.78, 5) is 38.7. The van der Waals surface area contributed by atoms with Gasteiger partial charge in [0.2, 0.25) is 0 Å². The first-order valence-corrected chi connectivity index (χ1v) is 11.2. The maximum atomic E-state index is 12.5. The van der Waals surface area contributed by atoms with Crippen LogP contribution in [0, 0.1) is 0 Å². The molecule has 2 aromatic rings. The largest absolute Gasteiger partial charge is 0.456 e. The van der Waals surface area contributed by atoms with E-state index in [0.29, 0.717) is 24.9 Å². The number of amides is 1. The van der Waals surface area contributed by atoms with Crippen molar-refractivity contribution in [2.75, 3.05) is 18.5 Å². The summed E-state index contributed by atoms with van der Waals surface area (Å²) in [5, 5.41) is 3.26. The molecule has 0 aromatic heterocycles. The number of rotatable bonds is 6. The van der Waals surface area contributed by atoms with Gasteiger partial charge in [0.15, 0.2) is 12.4 Å². The predicted molar refractivity (Wildman–Crippen MR) is 125 cm³/mol. The second-order valence-corrected chi connectivity index (χ2v) is 9.40. The van der Waals surface area contributed by atoms with Crippen LogP contribution in [0.25, 0.3) is 0 Å². The van der Waals surface area contributed by atoms with Gasteiger partial charge in [-0.1, -0.05) is 12.1 Å². The van der Waals surface area contributed by atoms with Gasteiger partial charge in [-0.2, -0.15) is 0 Å². The van der Waals surface area contributed by atoms with Gasteiger partial charge in [0.25, 0.3) is 0 Å². The van der Waals surface area contributed by atoms with Crippen LogP contribution in [-0.4, -0.2) is 47.5 Å². The fraction of sp³-hybridized carbons (Fsp3) is 0.375. The second kappa shape index (κ2) is 10.2. The van der Waals surface area contributed by atoms with Crippen molar-refractivity contribution in [1.29, 1.82) is 0 Å². The van der Waals surface area contributed by atoms with Crippen molar-refractivity contribution in [1.82, 2.24) is 4.90 Å². The maximum Gasteiger partial charge on any atom is 0.411 e. The van der Waals surface area contributed by atoms with Crippen LogP contribution in [0.15, 0.2) is 53.0 Å². The van der Waals surface area contributed by atoms with E-state index in [1.165, 1.54) is 4.90 Å². The number of carbonyl (C=O) groups excluding carboxylic acids is 3. The first-order chi connectivity index (χ1) is 15.1. The van der Waals surface area contributed by atoms with Gasteiger partial charge in [0.05, 0.1) is 5.69 Å². The average Bonchev–Trinajstić information content (AvgIpc) is 3.23. The average molecular weight is 503 g/mol. The normalized spacial score (nSPS) is 15.9. The van der Waals surface area contributed by atoms with E-state index in [1.54, 1.807) is 45.0 Å². The molecule has 1 atom stereocenters. The lowest BCUT2D eigenvalue weighted by Gasteiger charge is -2.27. The molecule has 1 fully saturated rings. The summed E-state index contributed by atoms with van der Waals surface area (Å²) in [6.07, 6.45) is 0.622. The smallest absolute Gasteiger partial charge is 0.411 e. The van der Waals surface area contributed by atoms with Gasteiger partial charge in [-0.05, 0) is 85.9 Å². The van der Waals surface area contributed by atoms with Crippen molar-refractivity contribution in [3.8, 4) is 0 Å². The number of likely N-dealkylation sites (tertiary alicyclic amines) is 1. The van der Waals surface area contributed by atoms with Crippen LogP contribution in [0.3, 0.4) is 0 Å². The first-order valence-electron chi connectivity index (χ1n) is 10.4. The molecule has 7 nitrogen and oxygen atoms in total. The van der Waals surface area contributed by atoms with Crippen molar-refractivity contribution >= 4 is 45.2 Å². The van der Waals surface area contributed by atoms with Crippen LogP contribution in [0.2, 0.25) is 0 Å². The molecule has 1 N–H and O–H groups in total. The molecule has 0 aliphatic carbocycles. The topological polar surface area (TPSA) is 84.9 Å². The zero-order chi connectivity index (χ0) is 23.3. The van der Waals surface area contributed by atoms with Crippen LogP contribution >= 0.6 is 15.9 Å². The Hall–Kier alpha value is -2.87. The van der Waals surface area contributed by atoms with Gasteiger partial charge in [0.1, 0.15) is 11.6 Å². The summed E-state index contributed by atoms with van der Waals surface area (Å²) in [5.41, 5.74) is 1.52. The number of ketones is 1. The summed E-state index contributed by atoms with van der Waals surface area (Å²) in [7, 11) is 0. The number of hydrogen-bond acceptors (Lipinski definition) is 6. The highest BCUT2D eigenvalue weighted by Crippen LogP contribution is 2.26. The minimum atomic E-state index is -0.728. The minimum Gasteiger partial charge on any atom is -0.456 e. The highest BCUT2D eigenvalue weighted by Gasteiger charge is 2.37. The molecular weight excluding hydrogens is 476 g/mol. The monoisotopic (exact) mass is 502 g/mol. The van der Waals surface area contributed by atoms with Gasteiger partial charge in [-0.15, -0.1) is 0 Å². The predicted octanol–water partition coefficient (Wildman–Crippen LogP) is 5.32. The third-order valence-electron chi connectivity index (χ3n) is 4.86. The second-order valence-electron chi connectivity index (χ2n) is 8.54. The van der Waals surface area contributed by atoms with Crippen molar-refractivity contribution in [2.45, 2.75) is 45.3 Å². The van der Waals surface area contributed by atoms with Gasteiger partial charge >= 0.3 is 12.1 Å². The van der Waals surface area contributed by atoms with Crippen molar-refractivity contribution in [2.24, 2.45) is 0 Å². The van der Waals surface area contributed by atoms with E-state index in [9.17, 15) is 14.4 Å². The lowest BCUT2D eigenvalue weighted by atomic mass is 10.1. The molecule has 3 rings (SSSR count). The van der Waals surface area contributed by atoms with Crippen LogP contribution in [0.1, 0.15) is 44.0 Å². The molecule has 0 spiro atoms. The molecule has 0 saturated carbocycles. The number of halogens is 1. The fourth-order valence-corrected chi connectivity index (χ4v) is 3.71. The summed E-state index contributed by atoms with van der Waals surface area (Å²) < 4.78 is 11.5. The number of esters is 1. The van der Waals surface area contributed by atoms with E-state index in [0.717, 1.165) is 15.8 Å². The summed E-state index contributed by atoms with van der Waals surface area (Å²) in [6, 6.07) is 13.9. The van der Waals surface area contributed by atoms with Crippen LogP contribution in [-0.2, 0) is 14.3 Å². The number of nitrogens with zero attached hydrogens (tertiary/aromatic N) is 1. The number of Topliss-reactive ketones (excluding diaryl/α,β-unsaturated/α-hetero) is 1. The van der Waals surface area contributed by atoms with Crippen LogP contribution in [0.5, 0.6) is 0 Å². The highest BCUT2D eigenvalue weighted by molar-refractivity contribution is 9.10. The van der Waals surface area contributed by atoms with Gasteiger partial charge < -0.3 is 14.8 Å². The molecular formula is C24H27BrN2O5. The molecule has 0 radical (unpaired) electrons. The van der Waals surface area contributed by atoms with E-state index in [2.05, 4.69) is 21.2 Å². The standard InChI is InChI=1S/C24H27BrN2O5/c1-24(2,3)32-23(30)27-14-6-9-20(27)22(29)31-15-21(28)16-10-12-17(13-11-16)26-19-8-5-4-7-18(19)25/h4-5,7-8,10-13,20,26H,6,9,14-15H2,1-3H3. The van der Waals surface area contributed by atoms with E-state index in [1.807, 2.05) is 24.3 Å². The molecule has 32 heavy (non-hydrogen) atoms. The Labute approximate surface area is 196 Å². The minimum absolute atomic E-state index is 0.312. The third-order valence-corrected chi connectivity index (χ3v) is 5.55. The molecule has 1 amide bonds. The molecule has 170 valence electrons. The SMILES string of the molecule is CC(C)(C)OC(=O)N1CCCC1C(=O)OCC(=O)c1ccc(Nc2ccccc2Br)cc1.